The fraction of sp³-hybridized carbons (Fsp3) is 0.276. The Bertz CT molecular complexity index is 1240. The number of fused-ring (bicyclic) bond motifs is 1. The van der Waals surface area contributed by atoms with E-state index < -0.39 is 10.8 Å². The van der Waals surface area contributed by atoms with Crippen molar-refractivity contribution in [1.29, 1.82) is 0 Å². The minimum absolute atomic E-state index is 0.226. The van der Waals surface area contributed by atoms with Crippen LogP contribution in [0, 0.1) is 0 Å². The highest BCUT2D eigenvalue weighted by Crippen LogP contribution is 2.43. The van der Waals surface area contributed by atoms with Crippen molar-refractivity contribution in [1.82, 2.24) is 0 Å². The summed E-state index contributed by atoms with van der Waals surface area (Å²) >= 11 is 0. The van der Waals surface area contributed by atoms with E-state index in [1.807, 2.05) is 61.5 Å². The van der Waals surface area contributed by atoms with Crippen LogP contribution in [0.15, 0.2) is 82.6 Å². The van der Waals surface area contributed by atoms with E-state index in [0.29, 0.717) is 33.3 Å². The molecule has 5 rings (SSSR count). The van der Waals surface area contributed by atoms with E-state index in [9.17, 15) is 9.00 Å². The molecular weight excluding hydrogens is 444 g/mol. The molecule has 5 heteroatoms. The van der Waals surface area contributed by atoms with Crippen molar-refractivity contribution in [2.75, 3.05) is 6.61 Å². The Morgan fingerprint density at radius 2 is 1.62 bits per heavy atom. The Hall–Kier alpha value is -3.18. The number of hydrogen-bond donors (Lipinski definition) is 0. The van der Waals surface area contributed by atoms with E-state index in [2.05, 4.69) is 0 Å². The number of allylic oxidation sites excluding steroid dienone is 1. The summed E-state index contributed by atoms with van der Waals surface area (Å²) < 4.78 is 25.4. The monoisotopic (exact) mass is 472 g/mol. The number of rotatable bonds is 7. The van der Waals surface area contributed by atoms with Gasteiger partial charge in [-0.15, -0.1) is 0 Å². The van der Waals surface area contributed by atoms with Crippen molar-refractivity contribution in [3.05, 3.63) is 94.4 Å². The van der Waals surface area contributed by atoms with Gasteiger partial charge >= 0.3 is 0 Å². The van der Waals surface area contributed by atoms with Gasteiger partial charge in [-0.3, -0.25) is 4.79 Å². The highest BCUT2D eigenvalue weighted by Gasteiger charge is 2.34. The molecule has 0 bridgehead atoms. The van der Waals surface area contributed by atoms with Gasteiger partial charge in [0.05, 0.1) is 28.4 Å². The second-order valence-electron chi connectivity index (χ2n) is 8.66. The van der Waals surface area contributed by atoms with Gasteiger partial charge in [0, 0.05) is 16.7 Å². The minimum Gasteiger partial charge on any atom is -0.494 e. The van der Waals surface area contributed by atoms with Gasteiger partial charge in [0.2, 0.25) is 5.78 Å². The van der Waals surface area contributed by atoms with E-state index >= 15 is 0 Å². The van der Waals surface area contributed by atoms with Crippen LogP contribution in [0.1, 0.15) is 60.5 Å². The normalized spacial score (nSPS) is 18.0. The number of carbonyl (C=O) groups excluding carboxylic acids is 1. The Balaban J connectivity index is 1.51. The zero-order valence-corrected chi connectivity index (χ0v) is 20.1. The lowest BCUT2D eigenvalue weighted by molar-refractivity contribution is 0.104. The average Bonchev–Trinajstić information content (AvgIpc) is 3.17. The number of Topliss-reactive ketones (excluding diaryl/α,β-unsaturated/α-hetero) is 1. The third-order valence-electron chi connectivity index (χ3n) is 6.38. The third-order valence-corrected chi connectivity index (χ3v) is 7.90. The lowest BCUT2D eigenvalue weighted by Gasteiger charge is -2.23. The lowest BCUT2D eigenvalue weighted by Crippen LogP contribution is -2.19. The van der Waals surface area contributed by atoms with E-state index in [1.165, 1.54) is 19.3 Å². The van der Waals surface area contributed by atoms with Crippen LogP contribution >= 0.6 is 0 Å². The van der Waals surface area contributed by atoms with Gasteiger partial charge in [0.15, 0.2) is 0 Å². The molecule has 0 amide bonds. The molecule has 1 aliphatic carbocycles. The number of hydrogen-bond acceptors (Lipinski definition) is 4. The summed E-state index contributed by atoms with van der Waals surface area (Å²) in [4.78, 5) is 14.7. The molecule has 1 unspecified atom stereocenters. The van der Waals surface area contributed by atoms with Crippen molar-refractivity contribution in [3.63, 3.8) is 0 Å². The van der Waals surface area contributed by atoms with Crippen LogP contribution < -0.4 is 9.47 Å². The summed E-state index contributed by atoms with van der Waals surface area (Å²) in [5.41, 5.74) is 2.87. The van der Waals surface area contributed by atoms with Crippen LogP contribution in [0.3, 0.4) is 0 Å². The van der Waals surface area contributed by atoms with Crippen LogP contribution in [0.5, 0.6) is 11.5 Å². The molecule has 34 heavy (non-hydrogen) atoms. The molecule has 0 N–H and O–H groups in total. The SMILES string of the molecule is CCOc1ccc2c(c1)C(c1ccccc1)=C(C(=O)c1ccc(OC3CCCCC3)cc1)S2=O. The number of carbonyl (C=O) groups is 1. The van der Waals surface area contributed by atoms with Crippen LogP contribution in [0.2, 0.25) is 0 Å². The van der Waals surface area contributed by atoms with Gasteiger partial charge < -0.3 is 9.47 Å². The van der Waals surface area contributed by atoms with Gasteiger partial charge in [-0.25, -0.2) is 4.21 Å². The summed E-state index contributed by atoms with van der Waals surface area (Å²) in [7, 11) is -1.58. The van der Waals surface area contributed by atoms with Crippen LogP contribution in [0.25, 0.3) is 5.57 Å². The van der Waals surface area contributed by atoms with Crippen molar-refractivity contribution < 1.29 is 18.5 Å². The Labute approximate surface area is 203 Å². The van der Waals surface area contributed by atoms with Crippen molar-refractivity contribution >= 4 is 22.2 Å². The maximum absolute atomic E-state index is 13.7. The van der Waals surface area contributed by atoms with E-state index in [-0.39, 0.29) is 11.9 Å². The first-order chi connectivity index (χ1) is 16.7. The summed E-state index contributed by atoms with van der Waals surface area (Å²) in [6, 6.07) is 22.4. The van der Waals surface area contributed by atoms with E-state index in [0.717, 1.165) is 29.7 Å². The Morgan fingerprint density at radius 3 is 2.32 bits per heavy atom. The molecule has 1 aliphatic heterocycles. The van der Waals surface area contributed by atoms with Gasteiger partial charge in [-0.1, -0.05) is 36.8 Å². The average molecular weight is 473 g/mol. The van der Waals surface area contributed by atoms with Crippen molar-refractivity contribution in [2.24, 2.45) is 0 Å². The van der Waals surface area contributed by atoms with Crippen molar-refractivity contribution in [2.45, 2.75) is 50.0 Å². The molecular formula is C29H28O4S. The zero-order valence-electron chi connectivity index (χ0n) is 19.3. The fourth-order valence-electron chi connectivity index (χ4n) is 4.73. The summed E-state index contributed by atoms with van der Waals surface area (Å²) in [5, 5.41) is 0. The smallest absolute Gasteiger partial charge is 0.202 e. The molecule has 0 spiro atoms. The second-order valence-corrected chi connectivity index (χ2v) is 10.0. The first-order valence-electron chi connectivity index (χ1n) is 12.0. The van der Waals surface area contributed by atoms with E-state index in [1.54, 1.807) is 18.2 Å². The Kier molecular flexibility index (Phi) is 6.63. The predicted molar refractivity (Wildman–Crippen MR) is 135 cm³/mol. The highest BCUT2D eigenvalue weighted by molar-refractivity contribution is 7.90. The molecule has 0 saturated heterocycles. The van der Waals surface area contributed by atoms with Crippen LogP contribution in [-0.2, 0) is 10.8 Å². The van der Waals surface area contributed by atoms with Crippen LogP contribution in [-0.4, -0.2) is 22.7 Å². The molecule has 2 aliphatic rings. The molecule has 0 aromatic heterocycles. The van der Waals surface area contributed by atoms with Gasteiger partial charge in [-0.2, -0.15) is 0 Å². The maximum Gasteiger partial charge on any atom is 0.202 e. The molecule has 3 aromatic rings. The van der Waals surface area contributed by atoms with Crippen molar-refractivity contribution in [3.8, 4) is 11.5 Å². The molecule has 1 fully saturated rings. The van der Waals surface area contributed by atoms with E-state index in [4.69, 9.17) is 9.47 Å². The first kappa shape index (κ1) is 22.6. The molecule has 4 nitrogen and oxygen atoms in total. The van der Waals surface area contributed by atoms with Gasteiger partial charge in [0.25, 0.3) is 0 Å². The highest BCUT2D eigenvalue weighted by atomic mass is 32.2. The number of ether oxygens (including phenoxy) is 2. The number of benzene rings is 3. The molecule has 3 aromatic carbocycles. The summed E-state index contributed by atoms with van der Waals surface area (Å²) in [6.45, 7) is 2.46. The standard InChI is InChI=1S/C29H28O4S/c1-2-32-24-17-18-26-25(19-24)27(20-9-5-3-6-10-20)29(34(26)31)28(30)21-13-15-23(16-14-21)33-22-11-7-4-8-12-22/h3,5-6,9-10,13-19,22H,2,4,7-8,11-12H2,1H3. The minimum atomic E-state index is -1.58. The summed E-state index contributed by atoms with van der Waals surface area (Å²) in [5.74, 6) is 1.25. The third kappa shape index (κ3) is 4.45. The van der Waals surface area contributed by atoms with Gasteiger partial charge in [-0.05, 0) is 80.6 Å². The fourth-order valence-corrected chi connectivity index (χ4v) is 6.20. The molecule has 1 saturated carbocycles. The maximum atomic E-state index is 13.7. The molecule has 1 heterocycles. The van der Waals surface area contributed by atoms with Crippen LogP contribution in [0.4, 0.5) is 0 Å². The molecule has 174 valence electrons. The predicted octanol–water partition coefficient (Wildman–Crippen LogP) is 6.56. The number of ketones is 1. The largest absolute Gasteiger partial charge is 0.494 e. The zero-order chi connectivity index (χ0) is 23.5. The Morgan fingerprint density at radius 1 is 0.912 bits per heavy atom. The topological polar surface area (TPSA) is 52.6 Å². The molecule has 1 atom stereocenters. The van der Waals surface area contributed by atoms with Gasteiger partial charge in [0.1, 0.15) is 16.4 Å². The molecule has 0 radical (unpaired) electrons. The first-order valence-corrected chi connectivity index (χ1v) is 13.1. The summed E-state index contributed by atoms with van der Waals surface area (Å²) in [6.07, 6.45) is 6.09. The lowest BCUT2D eigenvalue weighted by atomic mass is 9.95. The second kappa shape index (κ2) is 9.98. The quantitative estimate of drug-likeness (QED) is 0.365.